The Hall–Kier alpha value is -2.68. The smallest absolute Gasteiger partial charge is 0.361 e. The SMILES string of the molecule is Cc1noc(C)c1CC(=O)Nc1ncc(Cc2ccc(C(F)(F)F)cc2)s1. The van der Waals surface area contributed by atoms with Gasteiger partial charge in [-0.3, -0.25) is 4.79 Å². The number of rotatable bonds is 5. The van der Waals surface area contributed by atoms with Crippen LogP contribution in [-0.2, 0) is 23.8 Å². The van der Waals surface area contributed by atoms with Gasteiger partial charge in [-0.2, -0.15) is 13.2 Å². The quantitative estimate of drug-likeness (QED) is 0.689. The number of nitrogens with one attached hydrogen (secondary N) is 1. The highest BCUT2D eigenvalue weighted by Gasteiger charge is 2.29. The van der Waals surface area contributed by atoms with Gasteiger partial charge in [-0.1, -0.05) is 17.3 Å². The highest BCUT2D eigenvalue weighted by atomic mass is 32.1. The molecule has 0 aliphatic rings. The Morgan fingerprint density at radius 3 is 2.52 bits per heavy atom. The molecule has 0 aliphatic carbocycles. The molecule has 0 fully saturated rings. The lowest BCUT2D eigenvalue weighted by molar-refractivity contribution is -0.137. The molecule has 9 heteroatoms. The van der Waals surface area contributed by atoms with Crippen LogP contribution in [0.5, 0.6) is 0 Å². The summed E-state index contributed by atoms with van der Waals surface area (Å²) in [4.78, 5) is 17.1. The Bertz CT molecular complexity index is 926. The standard InChI is InChI=1S/C18H16F3N3O2S/c1-10-15(11(2)26-24-10)8-16(25)23-17-22-9-14(27-17)7-12-3-5-13(6-4-12)18(19,20)21/h3-6,9H,7-8H2,1-2H3,(H,22,23,25). The van der Waals surface area contributed by atoms with Crippen molar-refractivity contribution in [2.75, 3.05) is 5.32 Å². The average molecular weight is 395 g/mol. The Kier molecular flexibility index (Phi) is 5.31. The molecule has 1 amide bonds. The number of carbonyl (C=O) groups excluding carboxylic acids is 1. The molecular weight excluding hydrogens is 379 g/mol. The highest BCUT2D eigenvalue weighted by molar-refractivity contribution is 7.15. The monoisotopic (exact) mass is 395 g/mol. The van der Waals surface area contributed by atoms with Crippen molar-refractivity contribution in [1.82, 2.24) is 10.1 Å². The zero-order valence-electron chi connectivity index (χ0n) is 14.6. The van der Waals surface area contributed by atoms with E-state index in [0.717, 1.165) is 28.1 Å². The predicted octanol–water partition coefficient (Wildman–Crippen LogP) is 4.54. The zero-order chi connectivity index (χ0) is 19.6. The fraction of sp³-hybridized carbons (Fsp3) is 0.278. The molecule has 3 aromatic rings. The van der Waals surface area contributed by atoms with Crippen LogP contribution in [0.4, 0.5) is 18.3 Å². The summed E-state index contributed by atoms with van der Waals surface area (Å²) < 4.78 is 42.8. The van der Waals surface area contributed by atoms with Crippen molar-refractivity contribution < 1.29 is 22.5 Å². The molecule has 3 rings (SSSR count). The second-order valence-electron chi connectivity index (χ2n) is 6.03. The summed E-state index contributed by atoms with van der Waals surface area (Å²) in [6, 6.07) is 5.00. The number of aromatic nitrogens is 2. The van der Waals surface area contributed by atoms with Gasteiger partial charge in [-0.25, -0.2) is 4.98 Å². The van der Waals surface area contributed by atoms with Crippen molar-refractivity contribution in [3.8, 4) is 0 Å². The van der Waals surface area contributed by atoms with Gasteiger partial charge in [0, 0.05) is 23.1 Å². The summed E-state index contributed by atoms with van der Waals surface area (Å²) >= 11 is 1.28. The number of halogens is 3. The predicted molar refractivity (Wildman–Crippen MR) is 94.7 cm³/mol. The van der Waals surface area contributed by atoms with Crippen LogP contribution in [0, 0.1) is 13.8 Å². The van der Waals surface area contributed by atoms with Gasteiger partial charge in [-0.05, 0) is 31.5 Å². The number of nitrogens with zero attached hydrogens (tertiary/aromatic N) is 2. The largest absolute Gasteiger partial charge is 0.416 e. The van der Waals surface area contributed by atoms with Crippen LogP contribution in [0.25, 0.3) is 0 Å². The van der Waals surface area contributed by atoms with E-state index >= 15 is 0 Å². The molecule has 5 nitrogen and oxygen atoms in total. The molecule has 27 heavy (non-hydrogen) atoms. The van der Waals surface area contributed by atoms with E-state index in [9.17, 15) is 18.0 Å². The fourth-order valence-corrected chi connectivity index (χ4v) is 3.40. The number of anilines is 1. The maximum atomic E-state index is 12.6. The third-order valence-corrected chi connectivity index (χ3v) is 4.89. The van der Waals surface area contributed by atoms with Crippen LogP contribution in [0.3, 0.4) is 0 Å². The number of alkyl halides is 3. The molecule has 1 aromatic carbocycles. The van der Waals surface area contributed by atoms with Crippen LogP contribution in [0.2, 0.25) is 0 Å². The van der Waals surface area contributed by atoms with Crippen molar-refractivity contribution in [3.63, 3.8) is 0 Å². The van der Waals surface area contributed by atoms with Crippen LogP contribution >= 0.6 is 11.3 Å². The number of benzene rings is 1. The number of hydrogen-bond donors (Lipinski definition) is 1. The van der Waals surface area contributed by atoms with E-state index in [1.165, 1.54) is 23.5 Å². The fourth-order valence-electron chi connectivity index (χ4n) is 2.54. The lowest BCUT2D eigenvalue weighted by atomic mass is 10.1. The summed E-state index contributed by atoms with van der Waals surface area (Å²) in [6.45, 7) is 3.51. The van der Waals surface area contributed by atoms with Gasteiger partial charge in [-0.15, -0.1) is 11.3 Å². The van der Waals surface area contributed by atoms with Crippen molar-refractivity contribution >= 4 is 22.4 Å². The van der Waals surface area contributed by atoms with Crippen LogP contribution in [0.1, 0.15) is 33.0 Å². The highest BCUT2D eigenvalue weighted by Crippen LogP contribution is 2.30. The molecule has 0 aliphatic heterocycles. The lowest BCUT2D eigenvalue weighted by Crippen LogP contribution is -2.14. The van der Waals surface area contributed by atoms with Crippen LogP contribution < -0.4 is 5.32 Å². The molecule has 2 aromatic heterocycles. The normalized spacial score (nSPS) is 11.6. The summed E-state index contributed by atoms with van der Waals surface area (Å²) in [5.74, 6) is 0.365. The Balaban J connectivity index is 1.60. The second kappa shape index (κ2) is 7.51. The first-order chi connectivity index (χ1) is 12.7. The topological polar surface area (TPSA) is 68.0 Å². The van der Waals surface area contributed by atoms with Gasteiger partial charge in [0.25, 0.3) is 0 Å². The van der Waals surface area contributed by atoms with E-state index in [-0.39, 0.29) is 12.3 Å². The number of amides is 1. The average Bonchev–Trinajstić information content (AvgIpc) is 3.16. The number of thiazole rings is 1. The van der Waals surface area contributed by atoms with Gasteiger partial charge in [0.15, 0.2) is 5.13 Å². The first-order valence-electron chi connectivity index (χ1n) is 8.05. The first kappa shape index (κ1) is 19.1. The van der Waals surface area contributed by atoms with E-state index in [2.05, 4.69) is 15.5 Å². The molecule has 0 spiro atoms. The minimum Gasteiger partial charge on any atom is -0.361 e. The molecule has 0 saturated heterocycles. The first-order valence-corrected chi connectivity index (χ1v) is 8.86. The van der Waals surface area contributed by atoms with Crippen molar-refractivity contribution in [3.05, 3.63) is 63.5 Å². The van der Waals surface area contributed by atoms with Gasteiger partial charge >= 0.3 is 6.18 Å². The third-order valence-electron chi connectivity index (χ3n) is 3.98. The van der Waals surface area contributed by atoms with Crippen molar-refractivity contribution in [2.24, 2.45) is 0 Å². The van der Waals surface area contributed by atoms with Crippen LogP contribution in [-0.4, -0.2) is 16.0 Å². The molecular formula is C18H16F3N3O2S. The Labute approximate surface area is 157 Å². The molecule has 142 valence electrons. The van der Waals surface area contributed by atoms with Crippen molar-refractivity contribution in [1.29, 1.82) is 0 Å². The van der Waals surface area contributed by atoms with E-state index in [1.807, 2.05) is 0 Å². The van der Waals surface area contributed by atoms with E-state index < -0.39 is 11.7 Å². The summed E-state index contributed by atoms with van der Waals surface area (Å²) in [6.07, 6.45) is -2.17. The maximum Gasteiger partial charge on any atom is 0.416 e. The third kappa shape index (κ3) is 4.73. The molecule has 0 unspecified atom stereocenters. The minimum atomic E-state index is -4.35. The van der Waals surface area contributed by atoms with Crippen molar-refractivity contribution in [2.45, 2.75) is 32.9 Å². The van der Waals surface area contributed by atoms with Gasteiger partial charge < -0.3 is 9.84 Å². The van der Waals surface area contributed by atoms with Gasteiger partial charge in [0.2, 0.25) is 5.91 Å². The van der Waals surface area contributed by atoms with Gasteiger partial charge in [0.1, 0.15) is 5.76 Å². The maximum absolute atomic E-state index is 12.6. The molecule has 0 saturated carbocycles. The van der Waals surface area contributed by atoms with Crippen LogP contribution in [0.15, 0.2) is 35.0 Å². The summed E-state index contributed by atoms with van der Waals surface area (Å²) in [5, 5.41) is 6.97. The lowest BCUT2D eigenvalue weighted by Gasteiger charge is -2.06. The summed E-state index contributed by atoms with van der Waals surface area (Å²) in [7, 11) is 0. The molecule has 2 heterocycles. The minimum absolute atomic E-state index is 0.134. The van der Waals surface area contributed by atoms with E-state index in [4.69, 9.17) is 4.52 Å². The number of carbonyl (C=O) groups is 1. The number of aryl methyl sites for hydroxylation is 2. The molecule has 0 radical (unpaired) electrons. The molecule has 0 bridgehead atoms. The van der Waals surface area contributed by atoms with E-state index in [1.54, 1.807) is 20.0 Å². The Morgan fingerprint density at radius 2 is 1.93 bits per heavy atom. The molecule has 1 N–H and O–H groups in total. The van der Waals surface area contributed by atoms with E-state index in [0.29, 0.717) is 23.0 Å². The Morgan fingerprint density at radius 1 is 1.22 bits per heavy atom. The zero-order valence-corrected chi connectivity index (χ0v) is 15.4. The van der Waals surface area contributed by atoms with Gasteiger partial charge in [0.05, 0.1) is 17.7 Å². The summed E-state index contributed by atoms with van der Waals surface area (Å²) in [5.41, 5.74) is 1.47. The second-order valence-corrected chi connectivity index (χ2v) is 7.15. The molecule has 0 atom stereocenters. The number of hydrogen-bond acceptors (Lipinski definition) is 5.